The molecule has 0 radical (unpaired) electrons. The highest BCUT2D eigenvalue weighted by Crippen LogP contribution is 2.57. The highest BCUT2D eigenvalue weighted by Gasteiger charge is 2.55. The van der Waals surface area contributed by atoms with E-state index in [9.17, 15) is 0 Å². The number of halogens is 1. The first-order chi connectivity index (χ1) is 6.79. The lowest BCUT2D eigenvalue weighted by molar-refractivity contribution is -0.105. The molecule has 2 aliphatic carbocycles. The molecular weight excluding hydrogens is 196 g/mol. The van der Waals surface area contributed by atoms with Crippen LogP contribution in [0.15, 0.2) is 0 Å². The van der Waals surface area contributed by atoms with Gasteiger partial charge in [0.2, 0.25) is 0 Å². The van der Waals surface area contributed by atoms with Crippen LogP contribution in [-0.2, 0) is 4.74 Å². The fourth-order valence-corrected chi connectivity index (χ4v) is 3.49. The second-order valence-electron chi connectivity index (χ2n) is 4.86. The topological polar surface area (TPSA) is 9.23 Å². The molecule has 82 valence electrons. The number of hydrogen-bond acceptors (Lipinski definition) is 1. The molecule has 2 atom stereocenters. The monoisotopic (exact) mass is 216 g/mol. The second-order valence-corrected chi connectivity index (χ2v) is 5.38. The van der Waals surface area contributed by atoms with E-state index in [4.69, 9.17) is 16.3 Å². The summed E-state index contributed by atoms with van der Waals surface area (Å²) in [6, 6.07) is 0. The van der Waals surface area contributed by atoms with Crippen molar-refractivity contribution >= 4 is 11.6 Å². The van der Waals surface area contributed by atoms with E-state index in [-0.39, 0.29) is 0 Å². The van der Waals surface area contributed by atoms with Crippen molar-refractivity contribution in [3.05, 3.63) is 0 Å². The number of rotatable bonds is 4. The molecule has 0 aromatic rings. The number of unbranched alkanes of at least 4 members (excludes halogenated alkanes) is 1. The fourth-order valence-electron chi connectivity index (χ4n) is 2.97. The van der Waals surface area contributed by atoms with Crippen LogP contribution in [0.25, 0.3) is 0 Å². The smallest absolute Gasteiger partial charge is 0.0659 e. The first-order valence-electron chi connectivity index (χ1n) is 6.05. The minimum atomic E-state index is 0.384. The molecule has 2 unspecified atom stereocenters. The van der Waals surface area contributed by atoms with E-state index >= 15 is 0 Å². The molecular formula is C12H21ClO. The zero-order chi connectivity index (χ0) is 10.0. The van der Waals surface area contributed by atoms with Gasteiger partial charge in [0.05, 0.1) is 6.10 Å². The van der Waals surface area contributed by atoms with Gasteiger partial charge in [-0.3, -0.25) is 0 Å². The first-order valence-corrected chi connectivity index (χ1v) is 6.49. The zero-order valence-electron chi connectivity index (χ0n) is 9.10. The average Bonchev–Trinajstić information content (AvgIpc) is 2.68. The maximum atomic E-state index is 6.34. The fraction of sp³-hybridized carbons (Fsp3) is 1.00. The first kappa shape index (κ1) is 10.8. The van der Waals surface area contributed by atoms with Gasteiger partial charge in [0.25, 0.3) is 0 Å². The zero-order valence-corrected chi connectivity index (χ0v) is 9.85. The van der Waals surface area contributed by atoms with Crippen molar-refractivity contribution in [3.8, 4) is 0 Å². The summed E-state index contributed by atoms with van der Waals surface area (Å²) < 4.78 is 5.94. The maximum absolute atomic E-state index is 6.34. The normalized spacial score (nSPS) is 34.7. The largest absolute Gasteiger partial charge is 0.378 e. The molecule has 2 heteroatoms. The molecule has 0 aromatic carbocycles. The van der Waals surface area contributed by atoms with E-state index in [2.05, 4.69) is 6.92 Å². The molecule has 1 spiro atoms. The van der Waals surface area contributed by atoms with Crippen LogP contribution in [0.4, 0.5) is 0 Å². The van der Waals surface area contributed by atoms with Gasteiger partial charge in [0, 0.05) is 17.4 Å². The molecule has 1 nitrogen and oxygen atoms in total. The van der Waals surface area contributed by atoms with Gasteiger partial charge in [-0.15, -0.1) is 11.6 Å². The summed E-state index contributed by atoms with van der Waals surface area (Å²) in [6.45, 7) is 3.15. The molecule has 0 aliphatic heterocycles. The average molecular weight is 217 g/mol. The summed E-state index contributed by atoms with van der Waals surface area (Å²) in [5.41, 5.74) is 0.384. The summed E-state index contributed by atoms with van der Waals surface area (Å²) in [5, 5.41) is 0.400. The van der Waals surface area contributed by atoms with Gasteiger partial charge in [-0.25, -0.2) is 0 Å². The predicted octanol–water partition coefficient (Wildman–Crippen LogP) is 3.74. The van der Waals surface area contributed by atoms with Gasteiger partial charge in [-0.1, -0.05) is 26.2 Å². The Balaban J connectivity index is 1.82. The Morgan fingerprint density at radius 2 is 2.07 bits per heavy atom. The number of alkyl halides is 1. The van der Waals surface area contributed by atoms with Crippen LogP contribution in [0.5, 0.6) is 0 Å². The van der Waals surface area contributed by atoms with E-state index in [1.165, 1.54) is 38.5 Å². The Bertz CT molecular complexity index is 187. The van der Waals surface area contributed by atoms with Crippen LogP contribution >= 0.6 is 11.6 Å². The minimum absolute atomic E-state index is 0.384. The minimum Gasteiger partial charge on any atom is -0.378 e. The third kappa shape index (κ3) is 1.69. The molecule has 0 saturated heterocycles. The molecule has 0 bridgehead atoms. The lowest BCUT2D eigenvalue weighted by atomic mass is 9.64. The van der Waals surface area contributed by atoms with Crippen LogP contribution in [-0.4, -0.2) is 18.1 Å². The maximum Gasteiger partial charge on any atom is 0.0659 e. The molecule has 14 heavy (non-hydrogen) atoms. The molecule has 2 fully saturated rings. The van der Waals surface area contributed by atoms with Gasteiger partial charge in [0.1, 0.15) is 0 Å². The standard InChI is InChI=1S/C12H21ClO/c1-2-3-8-14-11-9-10(13)12(11)6-4-5-7-12/h10-11H,2-9H2,1H3. The van der Waals surface area contributed by atoms with Crippen LogP contribution < -0.4 is 0 Å². The van der Waals surface area contributed by atoms with Crippen molar-refractivity contribution in [1.29, 1.82) is 0 Å². The molecule has 2 saturated carbocycles. The Labute approximate surface area is 92.2 Å². The summed E-state index contributed by atoms with van der Waals surface area (Å²) in [5.74, 6) is 0. The molecule has 0 amide bonds. The van der Waals surface area contributed by atoms with Crippen molar-refractivity contribution in [3.63, 3.8) is 0 Å². The SMILES string of the molecule is CCCCOC1CC(Cl)C12CCCC2. The highest BCUT2D eigenvalue weighted by molar-refractivity contribution is 6.21. The lowest BCUT2D eigenvalue weighted by Gasteiger charge is -2.51. The van der Waals surface area contributed by atoms with Crippen molar-refractivity contribution in [1.82, 2.24) is 0 Å². The van der Waals surface area contributed by atoms with Gasteiger partial charge in [-0.05, 0) is 25.7 Å². The predicted molar refractivity (Wildman–Crippen MR) is 59.8 cm³/mol. The molecule has 0 N–H and O–H groups in total. The summed E-state index contributed by atoms with van der Waals surface area (Å²) >= 11 is 6.34. The van der Waals surface area contributed by atoms with Crippen LogP contribution in [0, 0.1) is 5.41 Å². The van der Waals surface area contributed by atoms with Crippen molar-refractivity contribution in [2.75, 3.05) is 6.61 Å². The third-order valence-electron chi connectivity index (χ3n) is 4.04. The summed E-state index contributed by atoms with van der Waals surface area (Å²) in [6.07, 6.45) is 9.32. The van der Waals surface area contributed by atoms with E-state index in [0.29, 0.717) is 16.9 Å². The van der Waals surface area contributed by atoms with Crippen LogP contribution in [0.3, 0.4) is 0 Å². The number of hydrogen-bond donors (Lipinski definition) is 0. The Morgan fingerprint density at radius 3 is 2.64 bits per heavy atom. The van der Waals surface area contributed by atoms with Gasteiger partial charge in [-0.2, -0.15) is 0 Å². The number of ether oxygens (including phenoxy) is 1. The van der Waals surface area contributed by atoms with E-state index in [1.54, 1.807) is 0 Å². The van der Waals surface area contributed by atoms with Gasteiger partial charge in [0.15, 0.2) is 0 Å². The van der Waals surface area contributed by atoms with E-state index < -0.39 is 0 Å². The quantitative estimate of drug-likeness (QED) is 0.514. The Kier molecular flexibility index (Phi) is 3.38. The van der Waals surface area contributed by atoms with Crippen LogP contribution in [0.1, 0.15) is 51.9 Å². The summed E-state index contributed by atoms with van der Waals surface area (Å²) in [7, 11) is 0. The summed E-state index contributed by atoms with van der Waals surface area (Å²) in [4.78, 5) is 0. The molecule has 2 rings (SSSR count). The molecule has 0 heterocycles. The van der Waals surface area contributed by atoms with Gasteiger partial charge < -0.3 is 4.74 Å². The Hall–Kier alpha value is 0.250. The van der Waals surface area contributed by atoms with Gasteiger partial charge >= 0.3 is 0 Å². The van der Waals surface area contributed by atoms with Crippen molar-refractivity contribution < 1.29 is 4.74 Å². The van der Waals surface area contributed by atoms with Crippen LogP contribution in [0.2, 0.25) is 0 Å². The van der Waals surface area contributed by atoms with E-state index in [1.807, 2.05) is 0 Å². The molecule has 2 aliphatic rings. The second kappa shape index (κ2) is 4.40. The molecule has 0 aromatic heterocycles. The Morgan fingerprint density at radius 1 is 1.36 bits per heavy atom. The van der Waals surface area contributed by atoms with E-state index in [0.717, 1.165) is 13.0 Å². The third-order valence-corrected chi connectivity index (χ3v) is 4.65. The van der Waals surface area contributed by atoms with Crippen molar-refractivity contribution in [2.45, 2.75) is 63.4 Å². The highest BCUT2D eigenvalue weighted by atomic mass is 35.5. The lowest BCUT2D eigenvalue weighted by Crippen LogP contribution is -2.54. The van der Waals surface area contributed by atoms with Crippen molar-refractivity contribution in [2.24, 2.45) is 5.41 Å².